The van der Waals surface area contributed by atoms with Gasteiger partial charge in [-0.1, -0.05) is 0 Å². The maximum Gasteiger partial charge on any atom is 0.329 e. The number of benzene rings is 1. The van der Waals surface area contributed by atoms with Crippen molar-refractivity contribution in [1.82, 2.24) is 25.3 Å². The molecule has 3 aromatic rings. The Labute approximate surface area is 197 Å². The Balaban J connectivity index is 1.69. The lowest BCUT2D eigenvalue weighted by Crippen LogP contribution is -2.55. The minimum atomic E-state index is -1.84. The van der Waals surface area contributed by atoms with Crippen molar-refractivity contribution < 1.29 is 24.6 Å². The van der Waals surface area contributed by atoms with Crippen molar-refractivity contribution in [3.05, 3.63) is 52.1 Å². The summed E-state index contributed by atoms with van der Waals surface area (Å²) in [6.45, 7) is -0.300. The molecule has 0 aliphatic carbocycles. The highest BCUT2D eigenvalue weighted by molar-refractivity contribution is 5.98. The summed E-state index contributed by atoms with van der Waals surface area (Å²) < 4.78 is 0. The minimum Gasteiger partial charge on any atom is -0.480 e. The van der Waals surface area contributed by atoms with Crippen LogP contribution in [0.15, 0.2) is 35.3 Å². The number of aromatic amines is 1. The Morgan fingerprint density at radius 2 is 1.83 bits per heavy atom. The number of nitrogen functional groups attached to an aromatic ring is 1. The first-order valence-corrected chi connectivity index (χ1v) is 10.4. The number of aliphatic hydroxyl groups is 1. The minimum absolute atomic E-state index is 0.0478. The van der Waals surface area contributed by atoms with E-state index in [0.717, 1.165) is 0 Å². The van der Waals surface area contributed by atoms with E-state index >= 15 is 0 Å². The third kappa shape index (κ3) is 6.05. The maximum atomic E-state index is 12.7. The number of amides is 2. The number of H-pyrrole nitrogens is 1. The number of fused-ring (bicyclic) bond motifs is 1. The van der Waals surface area contributed by atoms with Crippen LogP contribution in [0.3, 0.4) is 0 Å². The van der Waals surface area contributed by atoms with Crippen LogP contribution in [-0.4, -0.2) is 60.1 Å². The topological polar surface area (TPSA) is 239 Å². The molecule has 0 fully saturated rings. The first-order chi connectivity index (χ1) is 16.6. The van der Waals surface area contributed by atoms with E-state index in [1.807, 2.05) is 0 Å². The Hall–Kier alpha value is -4.59. The molecule has 2 aromatic heterocycles. The molecule has 14 heteroatoms. The molecule has 0 aliphatic rings. The second kappa shape index (κ2) is 10.6. The molecule has 1 unspecified atom stereocenters. The molecule has 0 radical (unpaired) electrons. The number of aliphatic carboxylic acids is 1. The van der Waals surface area contributed by atoms with Gasteiger partial charge in [0.1, 0.15) is 5.54 Å². The lowest BCUT2D eigenvalue weighted by molar-refractivity contribution is -0.145. The van der Waals surface area contributed by atoms with Gasteiger partial charge >= 0.3 is 5.97 Å². The Bertz CT molecular complexity index is 1310. The number of nitrogens with one attached hydrogen (secondary N) is 3. The van der Waals surface area contributed by atoms with Crippen LogP contribution in [-0.2, 0) is 16.1 Å². The Morgan fingerprint density at radius 1 is 1.11 bits per heavy atom. The quantitative estimate of drug-likeness (QED) is 0.176. The van der Waals surface area contributed by atoms with Crippen LogP contribution in [0.5, 0.6) is 0 Å². The summed E-state index contributed by atoms with van der Waals surface area (Å²) in [4.78, 5) is 62.2. The SMILES string of the molecule is NC(=O)CCC(CCO)(NC(=O)c1ccc(NCc2cnc3nc(N)[nH]c(=O)c3n2)cc1)C(=O)O. The van der Waals surface area contributed by atoms with Crippen molar-refractivity contribution >= 4 is 40.6 Å². The number of carbonyl (C=O) groups excluding carboxylic acids is 2. The molecule has 2 amide bonds. The first kappa shape index (κ1) is 25.0. The Kier molecular flexibility index (Phi) is 7.56. The molecule has 0 aliphatic heterocycles. The number of carboxylic acid groups (broad SMARTS) is 1. The summed E-state index contributed by atoms with van der Waals surface area (Å²) in [5.41, 5.74) is 9.66. The number of aromatic nitrogens is 4. The molecule has 1 atom stereocenters. The van der Waals surface area contributed by atoms with E-state index in [1.54, 1.807) is 12.1 Å². The number of hydrogen-bond acceptors (Lipinski definition) is 10. The largest absolute Gasteiger partial charge is 0.480 e. The zero-order valence-electron chi connectivity index (χ0n) is 18.4. The van der Waals surface area contributed by atoms with Gasteiger partial charge in [0.2, 0.25) is 11.9 Å². The summed E-state index contributed by atoms with van der Waals surface area (Å²) in [5, 5.41) is 24.4. The molecular formula is C21H24N8O6. The second-order valence-corrected chi connectivity index (χ2v) is 7.70. The van der Waals surface area contributed by atoms with Crippen molar-refractivity contribution in [2.45, 2.75) is 31.3 Å². The van der Waals surface area contributed by atoms with Crippen molar-refractivity contribution in [3.8, 4) is 0 Å². The van der Waals surface area contributed by atoms with Gasteiger partial charge in [0.15, 0.2) is 11.2 Å². The van der Waals surface area contributed by atoms with Crippen LogP contribution < -0.4 is 27.7 Å². The molecule has 35 heavy (non-hydrogen) atoms. The maximum absolute atomic E-state index is 12.7. The standard InChI is InChI=1S/C21H24N8O6/c22-14(31)5-6-21(7-8-30,19(34)35)29-17(32)11-1-3-12(4-2-11)24-9-13-10-25-16-15(26-13)18(33)28-20(23)27-16/h1-4,10,24,30H,5-9H2,(H2,22,31)(H,29,32)(H,34,35)(H3,23,25,27,28,33). The highest BCUT2D eigenvalue weighted by atomic mass is 16.4. The highest BCUT2D eigenvalue weighted by Gasteiger charge is 2.39. The molecule has 0 bridgehead atoms. The van der Waals surface area contributed by atoms with Gasteiger partial charge in [-0.3, -0.25) is 19.4 Å². The molecule has 9 N–H and O–H groups in total. The molecule has 3 rings (SSSR count). The molecule has 2 heterocycles. The predicted octanol–water partition coefficient (Wildman–Crippen LogP) is -0.891. The molecule has 1 aromatic carbocycles. The first-order valence-electron chi connectivity index (χ1n) is 10.4. The van der Waals surface area contributed by atoms with Gasteiger partial charge in [-0.15, -0.1) is 0 Å². The monoisotopic (exact) mass is 484 g/mol. The van der Waals surface area contributed by atoms with Crippen LogP contribution >= 0.6 is 0 Å². The fraction of sp³-hybridized carbons (Fsp3) is 0.286. The van der Waals surface area contributed by atoms with E-state index in [1.165, 1.54) is 18.3 Å². The van der Waals surface area contributed by atoms with Crippen LogP contribution in [0.1, 0.15) is 35.3 Å². The molecule has 184 valence electrons. The van der Waals surface area contributed by atoms with Crippen molar-refractivity contribution in [2.24, 2.45) is 5.73 Å². The summed E-state index contributed by atoms with van der Waals surface area (Å²) in [5.74, 6) is -2.85. The summed E-state index contributed by atoms with van der Waals surface area (Å²) in [6.07, 6.45) is 0.615. The van der Waals surface area contributed by atoms with Gasteiger partial charge in [-0.2, -0.15) is 4.98 Å². The number of anilines is 2. The number of carboxylic acids is 1. The van der Waals surface area contributed by atoms with Gasteiger partial charge in [0, 0.05) is 30.7 Å². The molecule has 0 saturated heterocycles. The summed E-state index contributed by atoms with van der Waals surface area (Å²) >= 11 is 0. The number of rotatable bonds is 11. The van der Waals surface area contributed by atoms with E-state index in [2.05, 4.69) is 30.6 Å². The van der Waals surface area contributed by atoms with E-state index in [0.29, 0.717) is 11.4 Å². The highest BCUT2D eigenvalue weighted by Crippen LogP contribution is 2.20. The zero-order chi connectivity index (χ0) is 25.6. The average molecular weight is 484 g/mol. The van der Waals surface area contributed by atoms with E-state index in [-0.39, 0.29) is 48.5 Å². The molecule has 0 spiro atoms. The lowest BCUT2D eigenvalue weighted by atomic mass is 9.89. The van der Waals surface area contributed by atoms with Gasteiger partial charge in [-0.05, 0) is 30.7 Å². The molecule has 0 saturated carbocycles. The lowest BCUT2D eigenvalue weighted by Gasteiger charge is -2.29. The second-order valence-electron chi connectivity index (χ2n) is 7.70. The van der Waals surface area contributed by atoms with Crippen LogP contribution in [0, 0.1) is 0 Å². The van der Waals surface area contributed by atoms with Crippen LogP contribution in [0.2, 0.25) is 0 Å². The summed E-state index contributed by atoms with van der Waals surface area (Å²) in [6, 6.07) is 6.13. The number of primary amides is 1. The predicted molar refractivity (Wildman–Crippen MR) is 124 cm³/mol. The van der Waals surface area contributed by atoms with Gasteiger partial charge < -0.3 is 32.3 Å². The average Bonchev–Trinajstić information content (AvgIpc) is 2.81. The van der Waals surface area contributed by atoms with Gasteiger partial charge in [0.05, 0.1) is 18.4 Å². The molecule has 14 nitrogen and oxygen atoms in total. The van der Waals surface area contributed by atoms with Crippen molar-refractivity contribution in [3.63, 3.8) is 0 Å². The van der Waals surface area contributed by atoms with E-state index in [9.17, 15) is 29.4 Å². The van der Waals surface area contributed by atoms with Crippen molar-refractivity contribution in [1.29, 1.82) is 0 Å². The van der Waals surface area contributed by atoms with Crippen LogP contribution in [0.4, 0.5) is 11.6 Å². The fourth-order valence-electron chi connectivity index (χ4n) is 3.32. The number of carbonyl (C=O) groups is 3. The number of nitrogens with zero attached hydrogens (tertiary/aromatic N) is 3. The number of hydrogen-bond donors (Lipinski definition) is 7. The van der Waals surface area contributed by atoms with E-state index in [4.69, 9.17) is 11.5 Å². The normalized spacial score (nSPS) is 12.6. The number of aliphatic hydroxyl groups excluding tert-OH is 1. The zero-order valence-corrected chi connectivity index (χ0v) is 18.4. The third-order valence-electron chi connectivity index (χ3n) is 5.21. The Morgan fingerprint density at radius 3 is 2.46 bits per heavy atom. The van der Waals surface area contributed by atoms with E-state index < -0.39 is 35.5 Å². The van der Waals surface area contributed by atoms with Gasteiger partial charge in [0.25, 0.3) is 11.5 Å². The van der Waals surface area contributed by atoms with Crippen LogP contribution in [0.25, 0.3) is 11.2 Å². The summed E-state index contributed by atoms with van der Waals surface area (Å²) in [7, 11) is 0. The fourth-order valence-corrected chi connectivity index (χ4v) is 3.32. The smallest absolute Gasteiger partial charge is 0.329 e. The number of nitrogens with two attached hydrogens (primary N) is 2. The van der Waals surface area contributed by atoms with Gasteiger partial charge in [-0.25, -0.2) is 14.8 Å². The third-order valence-corrected chi connectivity index (χ3v) is 5.21. The molecular weight excluding hydrogens is 460 g/mol. The van der Waals surface area contributed by atoms with Crippen molar-refractivity contribution in [2.75, 3.05) is 17.7 Å².